The number of rotatable bonds is 6. The molecule has 3 nitrogen and oxygen atoms in total. The number of benzene rings is 3. The van der Waals surface area contributed by atoms with E-state index in [1.54, 1.807) is 18.2 Å². The standard InChI is InChI=1S/C24H22F3NO2/c1-16(2)22-18(11-8-14-21(22)30-15-17-9-4-3-5-10-17)23(29)28-20-13-7-6-12-19(20)24(25,26)27/h3-14,16H,15H2,1-2H3,(H,28,29). The summed E-state index contributed by atoms with van der Waals surface area (Å²) in [5.41, 5.74) is 0.741. The molecule has 3 rings (SSSR count). The van der Waals surface area contributed by atoms with Gasteiger partial charge in [0.05, 0.1) is 11.3 Å². The van der Waals surface area contributed by atoms with Crippen LogP contribution in [-0.2, 0) is 12.8 Å². The van der Waals surface area contributed by atoms with Gasteiger partial charge in [0.2, 0.25) is 0 Å². The van der Waals surface area contributed by atoms with Gasteiger partial charge in [-0.2, -0.15) is 13.2 Å². The maximum Gasteiger partial charge on any atom is 0.418 e. The van der Waals surface area contributed by atoms with Crippen LogP contribution in [0.1, 0.15) is 46.8 Å². The number of halogens is 3. The van der Waals surface area contributed by atoms with E-state index in [1.165, 1.54) is 18.2 Å². The van der Waals surface area contributed by atoms with Gasteiger partial charge in [0.25, 0.3) is 5.91 Å². The maximum atomic E-state index is 13.3. The topological polar surface area (TPSA) is 38.3 Å². The molecule has 30 heavy (non-hydrogen) atoms. The third-order valence-electron chi connectivity index (χ3n) is 4.61. The van der Waals surface area contributed by atoms with Crippen LogP contribution in [0.2, 0.25) is 0 Å². The minimum Gasteiger partial charge on any atom is -0.489 e. The second-order valence-corrected chi connectivity index (χ2v) is 7.14. The molecule has 0 saturated heterocycles. The van der Waals surface area contributed by atoms with Crippen LogP contribution in [0.5, 0.6) is 5.75 Å². The minimum absolute atomic E-state index is 0.0735. The lowest BCUT2D eigenvalue weighted by Gasteiger charge is -2.19. The molecule has 0 unspecified atom stereocenters. The van der Waals surface area contributed by atoms with E-state index in [1.807, 2.05) is 44.2 Å². The van der Waals surface area contributed by atoms with Crippen molar-refractivity contribution in [2.24, 2.45) is 0 Å². The summed E-state index contributed by atoms with van der Waals surface area (Å²) in [5, 5.41) is 2.42. The van der Waals surface area contributed by atoms with Crippen molar-refractivity contribution >= 4 is 11.6 Å². The molecule has 0 aliphatic rings. The second-order valence-electron chi connectivity index (χ2n) is 7.14. The van der Waals surface area contributed by atoms with Crippen molar-refractivity contribution in [1.29, 1.82) is 0 Å². The molecule has 3 aromatic carbocycles. The first-order valence-corrected chi connectivity index (χ1v) is 9.54. The van der Waals surface area contributed by atoms with Crippen LogP contribution in [0.25, 0.3) is 0 Å². The molecular weight excluding hydrogens is 391 g/mol. The number of para-hydroxylation sites is 1. The smallest absolute Gasteiger partial charge is 0.418 e. The first-order valence-electron chi connectivity index (χ1n) is 9.54. The predicted octanol–water partition coefficient (Wildman–Crippen LogP) is 6.66. The summed E-state index contributed by atoms with van der Waals surface area (Å²) in [7, 11) is 0. The van der Waals surface area contributed by atoms with Gasteiger partial charge in [-0.25, -0.2) is 0 Å². The Bertz CT molecular complexity index is 1010. The highest BCUT2D eigenvalue weighted by atomic mass is 19.4. The summed E-state index contributed by atoms with van der Waals surface area (Å²) < 4.78 is 45.7. The molecule has 0 radical (unpaired) electrons. The number of anilines is 1. The fourth-order valence-corrected chi connectivity index (χ4v) is 3.23. The van der Waals surface area contributed by atoms with Gasteiger partial charge in [0, 0.05) is 11.1 Å². The Morgan fingerprint density at radius 1 is 0.933 bits per heavy atom. The molecule has 0 atom stereocenters. The average Bonchev–Trinajstić information content (AvgIpc) is 2.72. The van der Waals surface area contributed by atoms with Crippen LogP contribution in [-0.4, -0.2) is 5.91 Å². The maximum absolute atomic E-state index is 13.3. The lowest BCUT2D eigenvalue weighted by atomic mass is 9.95. The third kappa shape index (κ3) is 5.00. The van der Waals surface area contributed by atoms with Crippen LogP contribution in [0.4, 0.5) is 18.9 Å². The lowest BCUT2D eigenvalue weighted by molar-refractivity contribution is -0.136. The van der Waals surface area contributed by atoms with E-state index in [2.05, 4.69) is 5.32 Å². The SMILES string of the molecule is CC(C)c1c(OCc2ccccc2)cccc1C(=O)Nc1ccccc1C(F)(F)F. The summed E-state index contributed by atoms with van der Waals surface area (Å²) >= 11 is 0. The largest absolute Gasteiger partial charge is 0.489 e. The number of amides is 1. The van der Waals surface area contributed by atoms with Gasteiger partial charge in [0.15, 0.2) is 0 Å². The Kier molecular flexibility index (Phi) is 6.45. The summed E-state index contributed by atoms with van der Waals surface area (Å²) in [6.07, 6.45) is -4.56. The van der Waals surface area contributed by atoms with E-state index in [9.17, 15) is 18.0 Å². The Morgan fingerprint density at radius 2 is 1.60 bits per heavy atom. The molecule has 0 fully saturated rings. The zero-order chi connectivity index (χ0) is 21.7. The fraction of sp³-hybridized carbons (Fsp3) is 0.208. The molecule has 0 spiro atoms. The first-order chi connectivity index (χ1) is 14.3. The van der Waals surface area contributed by atoms with E-state index < -0.39 is 17.6 Å². The first kappa shape index (κ1) is 21.4. The van der Waals surface area contributed by atoms with Gasteiger partial charge in [-0.1, -0.05) is 62.4 Å². The van der Waals surface area contributed by atoms with Gasteiger partial charge in [0.1, 0.15) is 12.4 Å². The third-order valence-corrected chi connectivity index (χ3v) is 4.61. The van der Waals surface area contributed by atoms with Crippen LogP contribution in [0.15, 0.2) is 72.8 Å². The number of carbonyl (C=O) groups excluding carboxylic acids is 1. The van der Waals surface area contributed by atoms with Gasteiger partial charge >= 0.3 is 6.18 Å². The van der Waals surface area contributed by atoms with Gasteiger partial charge in [-0.15, -0.1) is 0 Å². The Hall–Kier alpha value is -3.28. The zero-order valence-electron chi connectivity index (χ0n) is 16.7. The van der Waals surface area contributed by atoms with E-state index in [4.69, 9.17) is 4.74 Å². The Morgan fingerprint density at radius 3 is 2.27 bits per heavy atom. The van der Waals surface area contributed by atoms with E-state index >= 15 is 0 Å². The summed E-state index contributed by atoms with van der Waals surface area (Å²) in [4.78, 5) is 12.9. The molecule has 3 aromatic rings. The van der Waals surface area contributed by atoms with Crippen molar-refractivity contribution in [2.45, 2.75) is 32.5 Å². The fourth-order valence-electron chi connectivity index (χ4n) is 3.23. The van der Waals surface area contributed by atoms with E-state index in [-0.39, 0.29) is 17.2 Å². The summed E-state index contributed by atoms with van der Waals surface area (Å²) in [6.45, 7) is 4.14. The average molecular weight is 413 g/mol. The predicted molar refractivity (Wildman–Crippen MR) is 111 cm³/mol. The van der Waals surface area contributed by atoms with Gasteiger partial charge < -0.3 is 10.1 Å². The number of hydrogen-bond donors (Lipinski definition) is 1. The summed E-state index contributed by atoms with van der Waals surface area (Å²) in [5.74, 6) is -0.151. The molecule has 0 heterocycles. The molecule has 1 N–H and O–H groups in total. The minimum atomic E-state index is -4.56. The highest BCUT2D eigenvalue weighted by molar-refractivity contribution is 6.06. The van der Waals surface area contributed by atoms with Crippen LogP contribution >= 0.6 is 0 Å². The highest BCUT2D eigenvalue weighted by Gasteiger charge is 2.33. The van der Waals surface area contributed by atoms with Crippen molar-refractivity contribution in [2.75, 3.05) is 5.32 Å². The number of hydrogen-bond acceptors (Lipinski definition) is 2. The van der Waals surface area contributed by atoms with E-state index in [0.29, 0.717) is 17.9 Å². The van der Waals surface area contributed by atoms with Crippen LogP contribution in [0.3, 0.4) is 0 Å². The molecule has 0 bridgehead atoms. The molecular formula is C24H22F3NO2. The number of nitrogens with one attached hydrogen (secondary N) is 1. The van der Waals surface area contributed by atoms with Crippen molar-refractivity contribution in [1.82, 2.24) is 0 Å². The van der Waals surface area contributed by atoms with Crippen molar-refractivity contribution < 1.29 is 22.7 Å². The highest BCUT2D eigenvalue weighted by Crippen LogP contribution is 2.36. The monoisotopic (exact) mass is 413 g/mol. The van der Waals surface area contributed by atoms with Gasteiger partial charge in [-0.3, -0.25) is 4.79 Å². The number of carbonyl (C=O) groups is 1. The molecule has 0 aromatic heterocycles. The molecule has 156 valence electrons. The Balaban J connectivity index is 1.90. The normalized spacial score (nSPS) is 11.4. The quantitative estimate of drug-likeness (QED) is 0.491. The van der Waals surface area contributed by atoms with Crippen molar-refractivity contribution in [3.63, 3.8) is 0 Å². The Labute approximate surface area is 173 Å². The lowest BCUT2D eigenvalue weighted by Crippen LogP contribution is -2.18. The van der Waals surface area contributed by atoms with Crippen LogP contribution in [0, 0.1) is 0 Å². The van der Waals surface area contributed by atoms with Gasteiger partial charge in [-0.05, 0) is 35.7 Å². The number of ether oxygens (including phenoxy) is 1. The van der Waals surface area contributed by atoms with Crippen molar-refractivity contribution in [3.05, 3.63) is 95.1 Å². The molecule has 1 amide bonds. The molecule has 6 heteroatoms. The molecule has 0 saturated carbocycles. The van der Waals surface area contributed by atoms with Crippen LogP contribution < -0.4 is 10.1 Å². The molecule has 0 aliphatic carbocycles. The van der Waals surface area contributed by atoms with E-state index in [0.717, 1.165) is 11.6 Å². The zero-order valence-corrected chi connectivity index (χ0v) is 16.7. The van der Waals surface area contributed by atoms with Crippen molar-refractivity contribution in [3.8, 4) is 5.75 Å². The molecule has 0 aliphatic heterocycles. The second kappa shape index (κ2) is 9.03. The summed E-state index contributed by atoms with van der Waals surface area (Å²) in [6, 6.07) is 19.5. The number of alkyl halides is 3.